The predicted molar refractivity (Wildman–Crippen MR) is 84.8 cm³/mol. The zero-order valence-electron chi connectivity index (χ0n) is 13.1. The highest BCUT2D eigenvalue weighted by Crippen LogP contribution is 2.11. The Bertz CT molecular complexity index is 508. The van der Waals surface area contributed by atoms with Crippen LogP contribution in [0.1, 0.15) is 19.4 Å². The molecule has 6 nitrogen and oxygen atoms in total. The third-order valence-corrected chi connectivity index (χ3v) is 3.35. The minimum Gasteiger partial charge on any atom is -0.378 e. The van der Waals surface area contributed by atoms with E-state index in [4.69, 9.17) is 4.74 Å². The van der Waals surface area contributed by atoms with Gasteiger partial charge in [-0.25, -0.2) is 4.79 Å². The van der Waals surface area contributed by atoms with Crippen LogP contribution in [0.3, 0.4) is 0 Å². The lowest BCUT2D eigenvalue weighted by atomic mass is 10.1. The molecule has 0 unspecified atom stereocenters. The molecule has 1 aromatic carbocycles. The van der Waals surface area contributed by atoms with Gasteiger partial charge in [-0.2, -0.15) is 0 Å². The molecule has 0 spiro atoms. The topological polar surface area (TPSA) is 70.7 Å². The van der Waals surface area contributed by atoms with Crippen molar-refractivity contribution in [2.75, 3.05) is 31.6 Å². The molecule has 120 valence electrons. The molecular weight excluding hydrogens is 282 g/mol. The first-order valence-electron chi connectivity index (χ1n) is 7.56. The second-order valence-electron chi connectivity index (χ2n) is 5.62. The van der Waals surface area contributed by atoms with Crippen LogP contribution in [0.5, 0.6) is 0 Å². The smallest absolute Gasteiger partial charge is 0.319 e. The van der Waals surface area contributed by atoms with Crippen LogP contribution >= 0.6 is 0 Å². The molecule has 0 saturated carbocycles. The highest BCUT2D eigenvalue weighted by atomic mass is 16.5. The second kappa shape index (κ2) is 7.79. The quantitative estimate of drug-likeness (QED) is 0.888. The normalized spacial score (nSPS) is 14.8. The van der Waals surface area contributed by atoms with Gasteiger partial charge in [-0.1, -0.05) is 12.1 Å². The van der Waals surface area contributed by atoms with Gasteiger partial charge in [-0.15, -0.1) is 0 Å². The first-order valence-corrected chi connectivity index (χ1v) is 7.56. The first kappa shape index (κ1) is 16.3. The Morgan fingerprint density at radius 3 is 2.41 bits per heavy atom. The molecule has 2 N–H and O–H groups in total. The number of anilines is 1. The van der Waals surface area contributed by atoms with E-state index >= 15 is 0 Å². The summed E-state index contributed by atoms with van der Waals surface area (Å²) in [6, 6.07) is 7.20. The lowest BCUT2D eigenvalue weighted by Crippen LogP contribution is -2.41. The summed E-state index contributed by atoms with van der Waals surface area (Å²) in [5, 5.41) is 5.51. The number of nitrogens with zero attached hydrogens (tertiary/aromatic N) is 1. The first-order chi connectivity index (χ1) is 10.5. The molecular formula is C16H23N3O3. The van der Waals surface area contributed by atoms with Crippen LogP contribution in [0.4, 0.5) is 10.5 Å². The van der Waals surface area contributed by atoms with E-state index in [1.54, 1.807) is 0 Å². The van der Waals surface area contributed by atoms with Crippen molar-refractivity contribution >= 4 is 17.6 Å². The molecule has 1 heterocycles. The van der Waals surface area contributed by atoms with Crippen LogP contribution in [-0.2, 0) is 16.0 Å². The maximum Gasteiger partial charge on any atom is 0.319 e. The van der Waals surface area contributed by atoms with E-state index in [0.717, 1.165) is 5.56 Å². The van der Waals surface area contributed by atoms with Gasteiger partial charge in [-0.05, 0) is 31.5 Å². The van der Waals surface area contributed by atoms with E-state index in [0.29, 0.717) is 38.4 Å². The largest absolute Gasteiger partial charge is 0.378 e. The van der Waals surface area contributed by atoms with Gasteiger partial charge in [-0.3, -0.25) is 4.79 Å². The van der Waals surface area contributed by atoms with Crippen molar-refractivity contribution in [2.45, 2.75) is 26.3 Å². The second-order valence-corrected chi connectivity index (χ2v) is 5.62. The Kier molecular flexibility index (Phi) is 5.77. The molecule has 0 aliphatic carbocycles. The molecule has 6 heteroatoms. The molecule has 22 heavy (non-hydrogen) atoms. The van der Waals surface area contributed by atoms with Crippen LogP contribution in [0, 0.1) is 0 Å². The van der Waals surface area contributed by atoms with Crippen LogP contribution < -0.4 is 10.6 Å². The molecule has 1 aromatic rings. The van der Waals surface area contributed by atoms with Gasteiger partial charge >= 0.3 is 6.03 Å². The van der Waals surface area contributed by atoms with E-state index in [1.165, 1.54) is 0 Å². The van der Waals surface area contributed by atoms with Gasteiger partial charge in [0, 0.05) is 24.8 Å². The van der Waals surface area contributed by atoms with E-state index < -0.39 is 0 Å². The summed E-state index contributed by atoms with van der Waals surface area (Å²) < 4.78 is 5.24. The number of urea groups is 1. The summed E-state index contributed by atoms with van der Waals surface area (Å²) in [6.45, 7) is 6.35. The zero-order valence-corrected chi connectivity index (χ0v) is 13.1. The molecule has 0 bridgehead atoms. The van der Waals surface area contributed by atoms with E-state index in [2.05, 4.69) is 10.6 Å². The van der Waals surface area contributed by atoms with Gasteiger partial charge in [0.1, 0.15) is 0 Å². The van der Waals surface area contributed by atoms with Crippen molar-refractivity contribution in [3.63, 3.8) is 0 Å². The molecule has 0 radical (unpaired) electrons. The zero-order chi connectivity index (χ0) is 15.9. The molecule has 1 saturated heterocycles. The maximum atomic E-state index is 12.1. The van der Waals surface area contributed by atoms with Crippen LogP contribution in [0.25, 0.3) is 0 Å². The van der Waals surface area contributed by atoms with Crippen LogP contribution in [0.2, 0.25) is 0 Å². The van der Waals surface area contributed by atoms with Crippen molar-refractivity contribution in [3.8, 4) is 0 Å². The number of carbonyl (C=O) groups is 2. The number of hydrogen-bond donors (Lipinski definition) is 2. The molecule has 0 aromatic heterocycles. The average molecular weight is 305 g/mol. The van der Waals surface area contributed by atoms with Gasteiger partial charge < -0.3 is 20.3 Å². The van der Waals surface area contributed by atoms with Gasteiger partial charge in [0.05, 0.1) is 19.6 Å². The summed E-state index contributed by atoms with van der Waals surface area (Å²) in [5.74, 6) is 0.113. The van der Waals surface area contributed by atoms with Crippen molar-refractivity contribution < 1.29 is 14.3 Å². The fourth-order valence-electron chi connectivity index (χ4n) is 2.23. The highest BCUT2D eigenvalue weighted by Gasteiger charge is 2.16. The third-order valence-electron chi connectivity index (χ3n) is 3.35. The van der Waals surface area contributed by atoms with E-state index in [-0.39, 0.29) is 18.0 Å². The fraction of sp³-hybridized carbons (Fsp3) is 0.500. The number of ether oxygens (including phenoxy) is 1. The lowest BCUT2D eigenvalue weighted by Gasteiger charge is -2.26. The molecule has 1 fully saturated rings. The Balaban J connectivity index is 1.86. The summed E-state index contributed by atoms with van der Waals surface area (Å²) in [5.41, 5.74) is 1.65. The number of morpholine rings is 1. The Hall–Kier alpha value is -2.08. The Morgan fingerprint density at radius 1 is 1.18 bits per heavy atom. The van der Waals surface area contributed by atoms with Crippen molar-refractivity contribution in [1.82, 2.24) is 10.2 Å². The maximum absolute atomic E-state index is 12.1. The number of carbonyl (C=O) groups excluding carboxylic acids is 2. The monoisotopic (exact) mass is 305 g/mol. The molecule has 1 aliphatic rings. The summed E-state index contributed by atoms with van der Waals surface area (Å²) in [7, 11) is 0. The highest BCUT2D eigenvalue weighted by molar-refractivity contribution is 5.89. The van der Waals surface area contributed by atoms with Gasteiger partial charge in [0.25, 0.3) is 0 Å². The van der Waals surface area contributed by atoms with Crippen molar-refractivity contribution in [1.29, 1.82) is 0 Å². The van der Waals surface area contributed by atoms with Crippen LogP contribution in [0.15, 0.2) is 24.3 Å². The van der Waals surface area contributed by atoms with Crippen molar-refractivity contribution in [2.24, 2.45) is 0 Å². The standard InChI is InChI=1S/C16H23N3O3/c1-12(2)17-16(21)18-14-5-3-13(4-6-14)11-15(20)19-7-9-22-10-8-19/h3-6,12H,7-11H2,1-2H3,(H2,17,18,21). The number of nitrogens with one attached hydrogen (secondary N) is 2. The van der Waals surface area contributed by atoms with Gasteiger partial charge in [0.2, 0.25) is 5.91 Å². The minimum absolute atomic E-state index is 0.0883. The summed E-state index contributed by atoms with van der Waals surface area (Å²) in [6.07, 6.45) is 0.373. The number of amides is 3. The number of hydrogen-bond acceptors (Lipinski definition) is 3. The molecule has 0 atom stereocenters. The van der Waals surface area contributed by atoms with E-state index in [9.17, 15) is 9.59 Å². The number of rotatable bonds is 4. The Morgan fingerprint density at radius 2 is 1.82 bits per heavy atom. The summed E-state index contributed by atoms with van der Waals surface area (Å²) >= 11 is 0. The summed E-state index contributed by atoms with van der Waals surface area (Å²) in [4.78, 5) is 25.6. The van der Waals surface area contributed by atoms with E-state index in [1.807, 2.05) is 43.0 Å². The molecule has 3 amide bonds. The third kappa shape index (κ3) is 5.04. The molecule has 1 aliphatic heterocycles. The van der Waals surface area contributed by atoms with Gasteiger partial charge in [0.15, 0.2) is 0 Å². The Labute approximate surface area is 130 Å². The number of benzene rings is 1. The van der Waals surface area contributed by atoms with Crippen molar-refractivity contribution in [3.05, 3.63) is 29.8 Å². The minimum atomic E-state index is -0.229. The van der Waals surface area contributed by atoms with Crippen LogP contribution in [-0.4, -0.2) is 49.2 Å². The lowest BCUT2D eigenvalue weighted by molar-refractivity contribution is -0.134. The fourth-order valence-corrected chi connectivity index (χ4v) is 2.23. The SMILES string of the molecule is CC(C)NC(=O)Nc1ccc(CC(=O)N2CCOCC2)cc1. The molecule has 2 rings (SSSR count). The average Bonchev–Trinajstić information content (AvgIpc) is 2.49. The predicted octanol–water partition coefficient (Wildman–Crippen LogP) is 1.62.